The predicted molar refractivity (Wildman–Crippen MR) is 121 cm³/mol. The number of urea groups is 1. The summed E-state index contributed by atoms with van der Waals surface area (Å²) >= 11 is 0. The molecule has 0 spiro atoms. The van der Waals surface area contributed by atoms with Gasteiger partial charge in [0.2, 0.25) is 0 Å². The number of benzene rings is 2. The van der Waals surface area contributed by atoms with E-state index in [4.69, 9.17) is 0 Å². The Morgan fingerprint density at radius 3 is 2.74 bits per heavy atom. The van der Waals surface area contributed by atoms with Crippen LogP contribution in [0.25, 0.3) is 16.6 Å². The molecule has 0 aliphatic heterocycles. The van der Waals surface area contributed by atoms with Gasteiger partial charge >= 0.3 is 6.03 Å². The molecule has 2 aromatic carbocycles. The maximum atomic E-state index is 13.4. The van der Waals surface area contributed by atoms with Gasteiger partial charge in [-0.15, -0.1) is 5.10 Å². The molecule has 1 saturated carbocycles. The van der Waals surface area contributed by atoms with Crippen molar-refractivity contribution in [2.45, 2.75) is 52.1 Å². The second-order valence-corrected chi connectivity index (χ2v) is 8.46. The van der Waals surface area contributed by atoms with Gasteiger partial charge in [0.15, 0.2) is 5.65 Å². The van der Waals surface area contributed by atoms with Crippen molar-refractivity contribution in [3.63, 3.8) is 0 Å². The average Bonchev–Trinajstić information content (AvgIpc) is 3.45. The molecule has 0 radical (unpaired) electrons. The summed E-state index contributed by atoms with van der Waals surface area (Å²) < 4.78 is 1.77. The molecule has 1 aliphatic rings. The number of hydrogen-bond donors (Lipinski definition) is 1. The monoisotopic (exact) mass is 414 g/mol. The maximum Gasteiger partial charge on any atom is 0.322 e. The number of aromatic nitrogens is 4. The van der Waals surface area contributed by atoms with Crippen molar-refractivity contribution in [1.82, 2.24) is 24.9 Å². The summed E-state index contributed by atoms with van der Waals surface area (Å²) in [6, 6.07) is 16.4. The molecule has 31 heavy (non-hydrogen) atoms. The molecule has 5 rings (SSSR count). The molecule has 1 N–H and O–H groups in total. The van der Waals surface area contributed by atoms with Crippen molar-refractivity contribution in [2.75, 3.05) is 5.32 Å². The van der Waals surface area contributed by atoms with Gasteiger partial charge in [0.05, 0.1) is 12.1 Å². The Morgan fingerprint density at radius 1 is 1.13 bits per heavy atom. The molecule has 0 atom stereocenters. The summed E-state index contributed by atoms with van der Waals surface area (Å²) in [6.07, 6.45) is 4.35. The van der Waals surface area contributed by atoms with Gasteiger partial charge in [0.25, 0.3) is 0 Å². The molecule has 0 saturated heterocycles. The molecule has 0 bridgehead atoms. The number of aryl methyl sites for hydroxylation is 2. The fourth-order valence-electron chi connectivity index (χ4n) is 4.57. The van der Waals surface area contributed by atoms with E-state index in [1.807, 2.05) is 42.2 Å². The highest BCUT2D eigenvalue weighted by atomic mass is 16.2. The minimum Gasteiger partial charge on any atom is -0.317 e. The predicted octanol–water partition coefficient (Wildman–Crippen LogP) is 4.87. The Morgan fingerprint density at radius 2 is 1.94 bits per heavy atom. The second kappa shape index (κ2) is 7.98. The largest absolute Gasteiger partial charge is 0.322 e. The van der Waals surface area contributed by atoms with Crippen LogP contribution in [-0.2, 0) is 6.54 Å². The lowest BCUT2D eigenvalue weighted by atomic mass is 10.1. The van der Waals surface area contributed by atoms with E-state index in [2.05, 4.69) is 46.0 Å². The van der Waals surface area contributed by atoms with Crippen molar-refractivity contribution in [1.29, 1.82) is 0 Å². The number of carbonyl (C=O) groups is 1. The first-order chi connectivity index (χ1) is 15.1. The molecule has 4 aromatic rings. The van der Waals surface area contributed by atoms with E-state index >= 15 is 0 Å². The van der Waals surface area contributed by atoms with Gasteiger partial charge in [0.1, 0.15) is 0 Å². The number of nitrogens with zero attached hydrogens (tertiary/aromatic N) is 5. The van der Waals surface area contributed by atoms with Gasteiger partial charge in [-0.05, 0) is 66.9 Å². The van der Waals surface area contributed by atoms with Crippen molar-refractivity contribution in [2.24, 2.45) is 0 Å². The zero-order valence-corrected chi connectivity index (χ0v) is 17.9. The fourth-order valence-corrected chi connectivity index (χ4v) is 4.57. The lowest BCUT2D eigenvalue weighted by Crippen LogP contribution is -2.41. The van der Waals surface area contributed by atoms with Crippen LogP contribution in [0.3, 0.4) is 0 Å². The molecule has 7 nitrogen and oxygen atoms in total. The molecule has 158 valence electrons. The number of pyridine rings is 1. The summed E-state index contributed by atoms with van der Waals surface area (Å²) in [5.41, 5.74) is 5.69. The smallest absolute Gasteiger partial charge is 0.317 e. The van der Waals surface area contributed by atoms with Gasteiger partial charge in [-0.2, -0.15) is 4.52 Å². The molecular formula is C24H26N6O. The van der Waals surface area contributed by atoms with Crippen molar-refractivity contribution < 1.29 is 4.79 Å². The summed E-state index contributed by atoms with van der Waals surface area (Å²) in [5, 5.41) is 16.6. The lowest BCUT2D eigenvalue weighted by molar-refractivity contribution is 0.185. The van der Waals surface area contributed by atoms with E-state index in [0.717, 1.165) is 53.4 Å². The Kier molecular flexibility index (Phi) is 5.02. The highest BCUT2D eigenvalue weighted by Gasteiger charge is 2.28. The first-order valence-electron chi connectivity index (χ1n) is 10.8. The Hall–Kier alpha value is -3.48. The van der Waals surface area contributed by atoms with Gasteiger partial charge in [-0.1, -0.05) is 42.7 Å². The number of hydrogen-bond acceptors (Lipinski definition) is 4. The third-order valence-corrected chi connectivity index (χ3v) is 6.25. The third kappa shape index (κ3) is 3.71. The molecule has 2 aromatic heterocycles. The first kappa shape index (κ1) is 19.5. The standard InChI is InChI=1S/C24H26N6O/c1-16-11-12-22-18(13-16)14-19(23-26-27-28-30(22)23)15-29(20-8-4-5-9-20)24(31)25-21-10-6-3-7-17(21)2/h3,6-7,10-14,20H,4-5,8-9,15H2,1-2H3,(H,25,31). The van der Waals surface area contributed by atoms with E-state index in [1.54, 1.807) is 4.52 Å². The second-order valence-electron chi connectivity index (χ2n) is 8.46. The Balaban J connectivity index is 1.53. The van der Waals surface area contributed by atoms with Crippen LogP contribution in [0.2, 0.25) is 0 Å². The quantitative estimate of drug-likeness (QED) is 0.517. The van der Waals surface area contributed by atoms with E-state index in [0.29, 0.717) is 12.2 Å². The number of anilines is 1. The zero-order valence-electron chi connectivity index (χ0n) is 17.9. The van der Waals surface area contributed by atoms with Crippen molar-refractivity contribution >= 4 is 28.3 Å². The summed E-state index contributed by atoms with van der Waals surface area (Å²) in [5.74, 6) is 0. The van der Waals surface area contributed by atoms with Gasteiger partial charge in [-0.3, -0.25) is 0 Å². The minimum absolute atomic E-state index is 0.0730. The summed E-state index contributed by atoms with van der Waals surface area (Å²) in [7, 11) is 0. The summed E-state index contributed by atoms with van der Waals surface area (Å²) in [4.78, 5) is 15.4. The normalized spacial score (nSPS) is 14.4. The van der Waals surface area contributed by atoms with E-state index in [-0.39, 0.29) is 12.1 Å². The van der Waals surface area contributed by atoms with E-state index in [1.165, 1.54) is 5.56 Å². The van der Waals surface area contributed by atoms with E-state index < -0.39 is 0 Å². The van der Waals surface area contributed by atoms with Crippen LogP contribution >= 0.6 is 0 Å². The Bertz CT molecular complexity index is 1260. The lowest BCUT2D eigenvalue weighted by Gasteiger charge is -2.29. The van der Waals surface area contributed by atoms with Crippen molar-refractivity contribution in [3.05, 3.63) is 65.2 Å². The number of amides is 2. The Labute approximate surface area is 181 Å². The number of nitrogens with one attached hydrogen (secondary N) is 1. The fraction of sp³-hybridized carbons (Fsp3) is 0.333. The number of rotatable bonds is 4. The number of carbonyl (C=O) groups excluding carboxylic acids is 1. The molecule has 1 aliphatic carbocycles. The van der Waals surface area contributed by atoms with Gasteiger partial charge < -0.3 is 10.2 Å². The van der Waals surface area contributed by atoms with Crippen LogP contribution in [-0.4, -0.2) is 37.0 Å². The van der Waals surface area contributed by atoms with Crippen LogP contribution in [0.15, 0.2) is 48.5 Å². The van der Waals surface area contributed by atoms with Crippen LogP contribution in [0.4, 0.5) is 10.5 Å². The molecule has 1 fully saturated rings. The number of tetrazole rings is 1. The SMILES string of the molecule is Cc1ccc2c(c1)cc(CN(C(=O)Nc1ccccc1C)C1CCCC1)c1nnnn12. The zero-order chi connectivity index (χ0) is 21.4. The first-order valence-corrected chi connectivity index (χ1v) is 10.8. The number of para-hydroxylation sites is 1. The van der Waals surface area contributed by atoms with Gasteiger partial charge in [-0.25, -0.2) is 4.79 Å². The third-order valence-electron chi connectivity index (χ3n) is 6.25. The molecule has 0 unspecified atom stereocenters. The molecule has 2 heterocycles. The summed E-state index contributed by atoms with van der Waals surface area (Å²) in [6.45, 7) is 4.55. The van der Waals surface area contributed by atoms with Crippen LogP contribution in [0.1, 0.15) is 42.4 Å². The van der Waals surface area contributed by atoms with Crippen LogP contribution < -0.4 is 5.32 Å². The topological polar surface area (TPSA) is 75.4 Å². The number of fused-ring (bicyclic) bond motifs is 3. The van der Waals surface area contributed by atoms with Crippen molar-refractivity contribution in [3.8, 4) is 0 Å². The molecule has 7 heteroatoms. The maximum absolute atomic E-state index is 13.4. The highest BCUT2D eigenvalue weighted by Crippen LogP contribution is 2.28. The highest BCUT2D eigenvalue weighted by molar-refractivity contribution is 5.91. The van der Waals surface area contributed by atoms with Gasteiger partial charge in [0, 0.05) is 22.7 Å². The van der Waals surface area contributed by atoms with E-state index in [9.17, 15) is 4.79 Å². The van der Waals surface area contributed by atoms with Crippen LogP contribution in [0.5, 0.6) is 0 Å². The minimum atomic E-state index is -0.0730. The molecular weight excluding hydrogens is 388 g/mol. The van der Waals surface area contributed by atoms with Crippen LogP contribution in [0, 0.1) is 13.8 Å². The molecule has 2 amide bonds. The average molecular weight is 415 g/mol.